The molecule has 0 aliphatic carbocycles. The van der Waals surface area contributed by atoms with E-state index in [0.29, 0.717) is 10.8 Å². The Labute approximate surface area is 162 Å². The van der Waals surface area contributed by atoms with Crippen molar-refractivity contribution in [3.8, 4) is 5.75 Å². The number of carbonyl (C=O) groups is 2. The van der Waals surface area contributed by atoms with E-state index in [1.54, 1.807) is 13.2 Å². The lowest BCUT2D eigenvalue weighted by Gasteiger charge is -2.18. The minimum absolute atomic E-state index is 0.170. The SMILES string of the molecule is COc1ccc(C)cc1C(C)NC(=O)CNC(=O)c1ccc(Cl)cc1Cl. The highest BCUT2D eigenvalue weighted by Gasteiger charge is 2.16. The lowest BCUT2D eigenvalue weighted by atomic mass is 10.0. The smallest absolute Gasteiger partial charge is 0.253 e. The van der Waals surface area contributed by atoms with Crippen LogP contribution in [0.3, 0.4) is 0 Å². The van der Waals surface area contributed by atoms with Gasteiger partial charge in [-0.3, -0.25) is 9.59 Å². The van der Waals surface area contributed by atoms with Gasteiger partial charge in [0.25, 0.3) is 5.91 Å². The lowest BCUT2D eigenvalue weighted by molar-refractivity contribution is -0.120. The molecule has 5 nitrogen and oxygen atoms in total. The quantitative estimate of drug-likeness (QED) is 0.779. The highest BCUT2D eigenvalue weighted by molar-refractivity contribution is 6.36. The highest BCUT2D eigenvalue weighted by atomic mass is 35.5. The molecule has 0 saturated heterocycles. The van der Waals surface area contributed by atoms with E-state index in [2.05, 4.69) is 10.6 Å². The van der Waals surface area contributed by atoms with Crippen LogP contribution < -0.4 is 15.4 Å². The molecule has 0 heterocycles. The summed E-state index contributed by atoms with van der Waals surface area (Å²) in [6, 6.07) is 10.0. The molecule has 1 unspecified atom stereocenters. The molecular weight excluding hydrogens is 375 g/mol. The van der Waals surface area contributed by atoms with Crippen molar-refractivity contribution in [3.05, 3.63) is 63.1 Å². The largest absolute Gasteiger partial charge is 0.496 e. The Morgan fingerprint density at radius 3 is 2.54 bits per heavy atom. The first-order chi connectivity index (χ1) is 12.3. The van der Waals surface area contributed by atoms with Gasteiger partial charge in [0.1, 0.15) is 5.75 Å². The first kappa shape index (κ1) is 20.1. The Bertz CT molecular complexity index is 824. The van der Waals surface area contributed by atoms with Crippen molar-refractivity contribution in [2.24, 2.45) is 0 Å². The molecule has 0 aliphatic heterocycles. The van der Waals surface area contributed by atoms with Crippen LogP contribution in [0, 0.1) is 6.92 Å². The zero-order valence-corrected chi connectivity index (χ0v) is 16.2. The number of hydrogen-bond donors (Lipinski definition) is 2. The molecule has 2 rings (SSSR count). The molecule has 0 saturated carbocycles. The molecule has 0 aromatic heterocycles. The van der Waals surface area contributed by atoms with Crippen LogP contribution in [-0.4, -0.2) is 25.5 Å². The molecule has 1 atom stereocenters. The summed E-state index contributed by atoms with van der Waals surface area (Å²) < 4.78 is 5.34. The Kier molecular flexibility index (Phi) is 6.89. The predicted molar refractivity (Wildman–Crippen MR) is 103 cm³/mol. The van der Waals surface area contributed by atoms with Crippen LogP contribution in [0.5, 0.6) is 5.75 Å². The predicted octanol–water partition coefficient (Wildman–Crippen LogP) is 3.92. The van der Waals surface area contributed by atoms with Crippen molar-refractivity contribution < 1.29 is 14.3 Å². The summed E-state index contributed by atoms with van der Waals surface area (Å²) in [5, 5.41) is 6.05. The highest BCUT2D eigenvalue weighted by Crippen LogP contribution is 2.26. The first-order valence-corrected chi connectivity index (χ1v) is 8.74. The van der Waals surface area contributed by atoms with Gasteiger partial charge in [-0.05, 0) is 38.1 Å². The van der Waals surface area contributed by atoms with Gasteiger partial charge in [0, 0.05) is 10.6 Å². The second kappa shape index (κ2) is 8.92. The van der Waals surface area contributed by atoms with Crippen LogP contribution in [0.4, 0.5) is 0 Å². The van der Waals surface area contributed by atoms with E-state index in [1.807, 2.05) is 32.0 Å². The minimum atomic E-state index is -0.442. The molecule has 26 heavy (non-hydrogen) atoms. The van der Waals surface area contributed by atoms with Gasteiger partial charge in [-0.25, -0.2) is 0 Å². The van der Waals surface area contributed by atoms with E-state index in [0.717, 1.165) is 11.1 Å². The summed E-state index contributed by atoms with van der Waals surface area (Å²) in [6.07, 6.45) is 0. The number of halogens is 2. The van der Waals surface area contributed by atoms with Gasteiger partial charge in [-0.15, -0.1) is 0 Å². The fourth-order valence-corrected chi connectivity index (χ4v) is 2.99. The zero-order chi connectivity index (χ0) is 19.3. The Balaban J connectivity index is 1.96. The van der Waals surface area contributed by atoms with Crippen molar-refractivity contribution in [1.82, 2.24) is 10.6 Å². The average molecular weight is 395 g/mol. The number of nitrogens with one attached hydrogen (secondary N) is 2. The maximum Gasteiger partial charge on any atom is 0.253 e. The second-order valence-corrected chi connectivity index (χ2v) is 6.69. The average Bonchev–Trinajstić information content (AvgIpc) is 2.59. The number of hydrogen-bond acceptors (Lipinski definition) is 3. The third kappa shape index (κ3) is 5.13. The Morgan fingerprint density at radius 2 is 1.88 bits per heavy atom. The van der Waals surface area contributed by atoms with Crippen LogP contribution in [0.15, 0.2) is 36.4 Å². The van der Waals surface area contributed by atoms with Gasteiger partial charge in [0.05, 0.1) is 30.3 Å². The van der Waals surface area contributed by atoms with Crippen LogP contribution in [0.25, 0.3) is 0 Å². The van der Waals surface area contributed by atoms with E-state index in [-0.39, 0.29) is 29.1 Å². The maximum absolute atomic E-state index is 12.2. The molecule has 2 N–H and O–H groups in total. The maximum atomic E-state index is 12.2. The van der Waals surface area contributed by atoms with E-state index < -0.39 is 5.91 Å². The summed E-state index contributed by atoms with van der Waals surface area (Å²) in [6.45, 7) is 3.65. The van der Waals surface area contributed by atoms with Crippen LogP contribution >= 0.6 is 23.2 Å². The first-order valence-electron chi connectivity index (χ1n) is 7.99. The van der Waals surface area contributed by atoms with Crippen molar-refractivity contribution in [3.63, 3.8) is 0 Å². The molecule has 7 heteroatoms. The van der Waals surface area contributed by atoms with Gasteiger partial charge >= 0.3 is 0 Å². The van der Waals surface area contributed by atoms with Crippen LogP contribution in [0.1, 0.15) is 34.5 Å². The van der Waals surface area contributed by atoms with E-state index in [1.165, 1.54) is 12.1 Å². The third-order valence-corrected chi connectivity index (χ3v) is 4.36. The number of benzene rings is 2. The number of methoxy groups -OCH3 is 1. The molecule has 2 aromatic carbocycles. The molecule has 138 valence electrons. The van der Waals surface area contributed by atoms with Gasteiger partial charge in [-0.1, -0.05) is 40.9 Å². The summed E-state index contributed by atoms with van der Waals surface area (Å²) >= 11 is 11.8. The second-order valence-electron chi connectivity index (χ2n) is 5.84. The monoisotopic (exact) mass is 394 g/mol. The molecule has 0 bridgehead atoms. The van der Waals surface area contributed by atoms with Crippen molar-refractivity contribution in [1.29, 1.82) is 0 Å². The number of carbonyl (C=O) groups excluding carboxylic acids is 2. The summed E-state index contributed by atoms with van der Waals surface area (Å²) in [5.74, 6) is -0.0671. The molecule has 0 spiro atoms. The topological polar surface area (TPSA) is 67.4 Å². The molecular formula is C19H20Cl2N2O3. The van der Waals surface area contributed by atoms with E-state index in [4.69, 9.17) is 27.9 Å². The molecule has 0 aliphatic rings. The third-order valence-electron chi connectivity index (χ3n) is 3.81. The Morgan fingerprint density at radius 1 is 1.15 bits per heavy atom. The van der Waals surface area contributed by atoms with Crippen molar-refractivity contribution in [2.75, 3.05) is 13.7 Å². The van der Waals surface area contributed by atoms with Crippen LogP contribution in [-0.2, 0) is 4.79 Å². The molecule has 2 aromatic rings. The van der Waals surface area contributed by atoms with Crippen molar-refractivity contribution >= 4 is 35.0 Å². The number of rotatable bonds is 6. The summed E-state index contributed by atoms with van der Waals surface area (Å²) in [5.41, 5.74) is 2.19. The van der Waals surface area contributed by atoms with Gasteiger partial charge in [-0.2, -0.15) is 0 Å². The summed E-state index contributed by atoms with van der Waals surface area (Å²) in [4.78, 5) is 24.3. The number of amides is 2. The fourth-order valence-electron chi connectivity index (χ4n) is 2.49. The minimum Gasteiger partial charge on any atom is -0.496 e. The van der Waals surface area contributed by atoms with Crippen molar-refractivity contribution in [2.45, 2.75) is 19.9 Å². The number of ether oxygens (including phenoxy) is 1. The van der Waals surface area contributed by atoms with E-state index in [9.17, 15) is 9.59 Å². The standard InChI is InChI=1S/C19H20Cl2N2O3/c1-11-4-7-17(26-3)15(8-11)12(2)23-18(24)10-22-19(25)14-6-5-13(20)9-16(14)21/h4-9,12H,10H2,1-3H3,(H,22,25)(H,23,24). The Hall–Kier alpha value is -2.24. The van der Waals surface area contributed by atoms with Gasteiger partial charge in [0.2, 0.25) is 5.91 Å². The lowest BCUT2D eigenvalue weighted by Crippen LogP contribution is -2.38. The van der Waals surface area contributed by atoms with Gasteiger partial charge < -0.3 is 15.4 Å². The van der Waals surface area contributed by atoms with E-state index >= 15 is 0 Å². The van der Waals surface area contributed by atoms with Crippen LogP contribution in [0.2, 0.25) is 10.0 Å². The molecule has 0 fully saturated rings. The zero-order valence-electron chi connectivity index (χ0n) is 14.7. The molecule has 0 radical (unpaired) electrons. The molecule has 2 amide bonds. The fraction of sp³-hybridized carbons (Fsp3) is 0.263. The number of aryl methyl sites for hydroxylation is 1. The normalized spacial score (nSPS) is 11.6. The summed E-state index contributed by atoms with van der Waals surface area (Å²) in [7, 11) is 1.58. The van der Waals surface area contributed by atoms with Gasteiger partial charge in [0.15, 0.2) is 0 Å².